The molecule has 3 N–H and O–H groups in total. The Labute approximate surface area is 170 Å². The van der Waals surface area contributed by atoms with Crippen molar-refractivity contribution in [2.75, 3.05) is 19.6 Å². The second kappa shape index (κ2) is 9.96. The van der Waals surface area contributed by atoms with Crippen LogP contribution in [-0.4, -0.2) is 42.5 Å². The monoisotopic (exact) mass is 409 g/mol. The van der Waals surface area contributed by atoms with Crippen LogP contribution in [0.5, 0.6) is 0 Å². The third kappa shape index (κ3) is 5.50. The maximum absolute atomic E-state index is 13.7. The Bertz CT molecular complexity index is 770. The van der Waals surface area contributed by atoms with Gasteiger partial charge in [0.1, 0.15) is 11.6 Å². The van der Waals surface area contributed by atoms with Crippen LogP contribution in [0.15, 0.2) is 48.5 Å². The zero-order valence-corrected chi connectivity index (χ0v) is 16.6. The fourth-order valence-corrected chi connectivity index (χ4v) is 3.70. The number of likely N-dealkylation sites (tertiary alicyclic amines) is 1. The van der Waals surface area contributed by atoms with Crippen LogP contribution < -0.4 is 11.1 Å². The van der Waals surface area contributed by atoms with E-state index in [0.29, 0.717) is 6.54 Å². The van der Waals surface area contributed by atoms with E-state index in [1.165, 1.54) is 23.8 Å². The summed E-state index contributed by atoms with van der Waals surface area (Å²) < 4.78 is 27.5. The Kier molecular flexibility index (Phi) is 7.92. The zero-order valence-electron chi connectivity index (χ0n) is 15.8. The first-order valence-corrected chi connectivity index (χ1v) is 9.19. The average Bonchev–Trinajstić information content (AvgIpc) is 2.99. The number of amides is 1. The molecule has 3 atom stereocenters. The first-order valence-electron chi connectivity index (χ1n) is 9.19. The number of nitrogens with zero attached hydrogens (tertiary/aromatic N) is 1. The maximum Gasteiger partial charge on any atom is 0.234 e. The molecule has 1 heterocycles. The van der Waals surface area contributed by atoms with E-state index in [0.717, 1.165) is 6.54 Å². The van der Waals surface area contributed by atoms with Gasteiger partial charge in [0.15, 0.2) is 0 Å². The van der Waals surface area contributed by atoms with Crippen molar-refractivity contribution in [3.63, 3.8) is 0 Å². The summed E-state index contributed by atoms with van der Waals surface area (Å²) in [6.07, 6.45) is 0.108. The average molecular weight is 410 g/mol. The lowest BCUT2D eigenvalue weighted by molar-refractivity contribution is -0.122. The number of carbonyl (C=O) groups is 1. The summed E-state index contributed by atoms with van der Waals surface area (Å²) >= 11 is 0. The number of nitrogens with two attached hydrogens (primary N) is 1. The van der Waals surface area contributed by atoms with Crippen molar-refractivity contribution < 1.29 is 13.6 Å². The lowest BCUT2D eigenvalue weighted by Gasteiger charge is -2.19. The molecule has 0 spiro atoms. The quantitative estimate of drug-likeness (QED) is 0.771. The van der Waals surface area contributed by atoms with Crippen LogP contribution in [0.3, 0.4) is 0 Å². The topological polar surface area (TPSA) is 58.4 Å². The molecule has 4 nitrogen and oxygen atoms in total. The lowest BCUT2D eigenvalue weighted by atomic mass is 9.95. The minimum absolute atomic E-state index is 0. The van der Waals surface area contributed by atoms with Crippen LogP contribution in [0.2, 0.25) is 0 Å². The summed E-state index contributed by atoms with van der Waals surface area (Å²) in [7, 11) is 0. The molecule has 0 radical (unpaired) electrons. The molecule has 1 aliphatic rings. The van der Waals surface area contributed by atoms with Crippen LogP contribution in [0, 0.1) is 11.6 Å². The third-order valence-electron chi connectivity index (χ3n) is 5.02. The van der Waals surface area contributed by atoms with Gasteiger partial charge in [-0.3, -0.25) is 9.69 Å². The van der Waals surface area contributed by atoms with Crippen molar-refractivity contribution in [1.29, 1.82) is 0 Å². The minimum atomic E-state index is -0.590. The summed E-state index contributed by atoms with van der Waals surface area (Å²) in [4.78, 5) is 14.4. The van der Waals surface area contributed by atoms with Crippen LogP contribution >= 0.6 is 12.4 Å². The molecule has 1 unspecified atom stereocenters. The van der Waals surface area contributed by atoms with Gasteiger partial charge in [-0.05, 0) is 31.0 Å². The number of nitrogens with one attached hydrogen (secondary N) is 1. The highest BCUT2D eigenvalue weighted by Gasteiger charge is 2.32. The molecule has 1 saturated heterocycles. The molecule has 28 heavy (non-hydrogen) atoms. The largest absolute Gasteiger partial charge is 0.352 e. The van der Waals surface area contributed by atoms with Crippen molar-refractivity contribution in [3.8, 4) is 0 Å². The molecule has 1 amide bonds. The second-order valence-electron chi connectivity index (χ2n) is 7.25. The Morgan fingerprint density at radius 1 is 1.14 bits per heavy atom. The first-order chi connectivity index (χ1) is 12.9. The van der Waals surface area contributed by atoms with Crippen molar-refractivity contribution in [1.82, 2.24) is 10.2 Å². The van der Waals surface area contributed by atoms with Gasteiger partial charge in [0.05, 0.1) is 6.54 Å². The number of hydrogen-bond acceptors (Lipinski definition) is 3. The Hall–Kier alpha value is -2.02. The molecule has 0 aliphatic carbocycles. The van der Waals surface area contributed by atoms with Gasteiger partial charge >= 0.3 is 0 Å². The van der Waals surface area contributed by atoms with Gasteiger partial charge in [-0.25, -0.2) is 8.78 Å². The molecule has 0 saturated carbocycles. The molecular weight excluding hydrogens is 384 g/mol. The lowest BCUT2D eigenvalue weighted by Crippen LogP contribution is -2.41. The van der Waals surface area contributed by atoms with Gasteiger partial charge in [-0.1, -0.05) is 36.4 Å². The Morgan fingerprint density at radius 2 is 1.79 bits per heavy atom. The summed E-state index contributed by atoms with van der Waals surface area (Å²) in [5.41, 5.74) is 7.43. The molecular formula is C21H26ClF2N3O. The van der Waals surface area contributed by atoms with E-state index in [1.807, 2.05) is 23.1 Å². The summed E-state index contributed by atoms with van der Waals surface area (Å²) in [6.45, 7) is 3.33. The van der Waals surface area contributed by atoms with E-state index >= 15 is 0 Å². The molecule has 7 heteroatoms. The van der Waals surface area contributed by atoms with Gasteiger partial charge < -0.3 is 11.1 Å². The molecule has 1 aliphatic heterocycles. The molecule has 3 rings (SSSR count). The third-order valence-corrected chi connectivity index (χ3v) is 5.02. The van der Waals surface area contributed by atoms with Crippen molar-refractivity contribution in [2.24, 2.45) is 5.73 Å². The summed E-state index contributed by atoms with van der Waals surface area (Å²) in [5, 5.41) is 2.82. The fourth-order valence-electron chi connectivity index (χ4n) is 3.70. The van der Waals surface area contributed by atoms with Gasteiger partial charge in [0, 0.05) is 36.7 Å². The summed E-state index contributed by atoms with van der Waals surface area (Å²) in [5.74, 6) is -1.15. The number of hydrogen-bond donors (Lipinski definition) is 2. The number of halogens is 3. The zero-order chi connectivity index (χ0) is 19.4. The standard InChI is InChI=1S/C21H25F2N3O.ClH/c1-14(10-16-18(22)8-5-9-19(16)23)25-21(27)13-26-11-17(20(24)12-26)15-6-3-2-4-7-15;/h2-9,14,17,20H,10-13,24H2,1H3,(H,25,27);1H/t14?,17-,20+;/m0./s1. The fraction of sp³-hybridized carbons (Fsp3) is 0.381. The van der Waals surface area contributed by atoms with E-state index in [-0.39, 0.29) is 54.8 Å². The predicted molar refractivity (Wildman–Crippen MR) is 109 cm³/mol. The molecule has 2 aromatic rings. The number of benzene rings is 2. The van der Waals surface area contributed by atoms with E-state index in [9.17, 15) is 13.6 Å². The molecule has 2 aromatic carbocycles. The number of carbonyl (C=O) groups excluding carboxylic acids is 1. The first kappa shape index (κ1) is 22.3. The van der Waals surface area contributed by atoms with Crippen molar-refractivity contribution in [3.05, 3.63) is 71.3 Å². The van der Waals surface area contributed by atoms with Gasteiger partial charge in [-0.2, -0.15) is 0 Å². The van der Waals surface area contributed by atoms with Gasteiger partial charge in [0.25, 0.3) is 0 Å². The van der Waals surface area contributed by atoms with Crippen LogP contribution in [-0.2, 0) is 11.2 Å². The highest BCUT2D eigenvalue weighted by atomic mass is 35.5. The SMILES string of the molecule is CC(Cc1c(F)cccc1F)NC(=O)CN1C[C@@H](N)[C@H](c2ccccc2)C1.Cl. The van der Waals surface area contributed by atoms with E-state index in [4.69, 9.17) is 5.73 Å². The van der Waals surface area contributed by atoms with Crippen LogP contribution in [0.4, 0.5) is 8.78 Å². The maximum atomic E-state index is 13.7. The molecule has 0 aromatic heterocycles. The minimum Gasteiger partial charge on any atom is -0.352 e. The normalized spacial score (nSPS) is 20.4. The van der Waals surface area contributed by atoms with Crippen molar-refractivity contribution >= 4 is 18.3 Å². The van der Waals surface area contributed by atoms with Crippen LogP contribution in [0.25, 0.3) is 0 Å². The van der Waals surface area contributed by atoms with E-state index in [1.54, 1.807) is 6.92 Å². The predicted octanol–water partition coefficient (Wildman–Crippen LogP) is 2.86. The van der Waals surface area contributed by atoms with Crippen molar-refractivity contribution in [2.45, 2.75) is 31.3 Å². The van der Waals surface area contributed by atoms with Gasteiger partial charge in [-0.15, -0.1) is 12.4 Å². The Balaban J connectivity index is 0.00000280. The highest BCUT2D eigenvalue weighted by Crippen LogP contribution is 2.26. The molecule has 152 valence electrons. The van der Waals surface area contributed by atoms with E-state index in [2.05, 4.69) is 17.4 Å². The molecule has 1 fully saturated rings. The Morgan fingerprint density at radius 3 is 2.43 bits per heavy atom. The summed E-state index contributed by atoms with van der Waals surface area (Å²) in [6, 6.07) is 13.4. The molecule has 0 bridgehead atoms. The van der Waals surface area contributed by atoms with E-state index < -0.39 is 11.6 Å². The van der Waals surface area contributed by atoms with Gasteiger partial charge in [0.2, 0.25) is 5.91 Å². The second-order valence-corrected chi connectivity index (χ2v) is 7.25. The smallest absolute Gasteiger partial charge is 0.234 e. The van der Waals surface area contributed by atoms with Crippen LogP contribution in [0.1, 0.15) is 24.0 Å². The number of rotatable bonds is 6. The highest BCUT2D eigenvalue weighted by molar-refractivity contribution is 5.85.